The van der Waals surface area contributed by atoms with Crippen LogP contribution in [-0.2, 0) is 10.0 Å². The van der Waals surface area contributed by atoms with Gasteiger partial charge in [-0.15, -0.1) is 23.4 Å². The van der Waals surface area contributed by atoms with Gasteiger partial charge in [0.1, 0.15) is 0 Å². The maximum atomic E-state index is 12.1. The van der Waals surface area contributed by atoms with Crippen molar-refractivity contribution in [1.29, 1.82) is 0 Å². The predicted octanol–water partition coefficient (Wildman–Crippen LogP) is 6.04. The SMILES string of the molecule is NS(=O)(=O)c1ccc2c(c1)[C@@H]1[C@H](Cl)[C@H](Sc3ccccc3[N+](=O)[O-])C[C@@H]1[C@H](c1ccc(Br)cc1)N2. The number of benzene rings is 3. The minimum Gasteiger partial charge on any atom is -0.378 e. The Hall–Kier alpha value is -2.11. The highest BCUT2D eigenvalue weighted by Crippen LogP contribution is 2.58. The first-order valence-corrected chi connectivity index (χ1v) is 14.5. The molecule has 2 aliphatic rings. The van der Waals surface area contributed by atoms with Gasteiger partial charge in [-0.25, -0.2) is 13.6 Å². The number of para-hydroxylation sites is 1. The molecule has 1 aliphatic carbocycles. The van der Waals surface area contributed by atoms with E-state index in [4.69, 9.17) is 16.7 Å². The zero-order chi connectivity index (χ0) is 24.9. The molecular weight excluding hydrogens is 574 g/mol. The van der Waals surface area contributed by atoms with Crippen LogP contribution in [0.15, 0.2) is 81.0 Å². The van der Waals surface area contributed by atoms with E-state index in [-0.39, 0.29) is 44.0 Å². The van der Waals surface area contributed by atoms with Crippen molar-refractivity contribution >= 4 is 60.7 Å². The normalized spacial score (nSPS) is 25.4. The van der Waals surface area contributed by atoms with E-state index in [1.165, 1.54) is 23.9 Å². The second kappa shape index (κ2) is 9.40. The van der Waals surface area contributed by atoms with Gasteiger partial charge in [0.2, 0.25) is 10.0 Å². The lowest BCUT2D eigenvalue weighted by Crippen LogP contribution is -2.31. The Bertz CT molecular complexity index is 1400. The third-order valence-electron chi connectivity index (χ3n) is 6.68. The van der Waals surface area contributed by atoms with Crippen LogP contribution in [0, 0.1) is 16.0 Å². The van der Waals surface area contributed by atoms with Gasteiger partial charge in [-0.2, -0.15) is 0 Å². The number of rotatable bonds is 5. The summed E-state index contributed by atoms with van der Waals surface area (Å²) in [6.45, 7) is 0. The van der Waals surface area contributed by atoms with Gasteiger partial charge >= 0.3 is 0 Å². The largest absolute Gasteiger partial charge is 0.378 e. The number of nitro benzene ring substituents is 1. The molecule has 1 heterocycles. The van der Waals surface area contributed by atoms with Crippen LogP contribution in [0.1, 0.15) is 29.5 Å². The van der Waals surface area contributed by atoms with Crippen molar-refractivity contribution in [1.82, 2.24) is 0 Å². The number of primary sulfonamides is 1. The molecule has 0 saturated heterocycles. The number of thioether (sulfide) groups is 1. The average Bonchev–Trinajstić information content (AvgIpc) is 3.14. The fraction of sp³-hybridized carbons (Fsp3) is 0.250. The highest BCUT2D eigenvalue weighted by molar-refractivity contribution is 9.10. The molecule has 182 valence electrons. The van der Waals surface area contributed by atoms with Crippen LogP contribution >= 0.6 is 39.3 Å². The van der Waals surface area contributed by atoms with Crippen LogP contribution in [0.25, 0.3) is 0 Å². The van der Waals surface area contributed by atoms with E-state index >= 15 is 0 Å². The predicted molar refractivity (Wildman–Crippen MR) is 142 cm³/mol. The molecule has 35 heavy (non-hydrogen) atoms. The fourth-order valence-corrected chi connectivity index (χ4v) is 7.90. The molecule has 1 saturated carbocycles. The lowest BCUT2D eigenvalue weighted by molar-refractivity contribution is -0.387. The van der Waals surface area contributed by atoms with Gasteiger partial charge in [-0.3, -0.25) is 10.1 Å². The molecule has 5 rings (SSSR count). The van der Waals surface area contributed by atoms with E-state index < -0.39 is 10.0 Å². The Morgan fingerprint density at radius 3 is 2.51 bits per heavy atom. The van der Waals surface area contributed by atoms with E-state index in [1.54, 1.807) is 30.3 Å². The number of nitro groups is 1. The molecule has 7 nitrogen and oxygen atoms in total. The molecule has 0 spiro atoms. The summed E-state index contributed by atoms with van der Waals surface area (Å²) in [5.74, 6) is -0.120. The lowest BCUT2D eigenvalue weighted by Gasteiger charge is -2.38. The van der Waals surface area contributed by atoms with E-state index in [0.717, 1.165) is 21.3 Å². The summed E-state index contributed by atoms with van der Waals surface area (Å²) in [5, 5.41) is 20.1. The summed E-state index contributed by atoms with van der Waals surface area (Å²) in [4.78, 5) is 11.8. The van der Waals surface area contributed by atoms with Crippen molar-refractivity contribution in [2.45, 2.75) is 38.8 Å². The molecule has 1 aliphatic heterocycles. The maximum Gasteiger partial charge on any atom is 0.282 e. The van der Waals surface area contributed by atoms with Crippen LogP contribution in [0.3, 0.4) is 0 Å². The lowest BCUT2D eigenvalue weighted by atomic mass is 9.77. The van der Waals surface area contributed by atoms with Gasteiger partial charge in [0.25, 0.3) is 5.69 Å². The van der Waals surface area contributed by atoms with Gasteiger partial charge in [0, 0.05) is 27.4 Å². The van der Waals surface area contributed by atoms with Crippen LogP contribution in [0.4, 0.5) is 11.4 Å². The number of halogens is 2. The first-order valence-electron chi connectivity index (χ1n) is 10.9. The molecule has 0 bridgehead atoms. The Morgan fingerprint density at radius 2 is 1.83 bits per heavy atom. The molecule has 1 fully saturated rings. The summed E-state index contributed by atoms with van der Waals surface area (Å²) in [5.41, 5.74) is 2.76. The Kier molecular flexibility index (Phi) is 6.60. The zero-order valence-corrected chi connectivity index (χ0v) is 22.1. The van der Waals surface area contributed by atoms with Crippen LogP contribution < -0.4 is 10.5 Å². The first kappa shape index (κ1) is 24.6. The van der Waals surface area contributed by atoms with E-state index in [9.17, 15) is 18.5 Å². The molecule has 0 aromatic heterocycles. The maximum absolute atomic E-state index is 12.1. The number of nitrogens with one attached hydrogen (secondary N) is 1. The Labute approximate surface area is 220 Å². The summed E-state index contributed by atoms with van der Waals surface area (Å²) in [6, 6.07) is 19.5. The Balaban J connectivity index is 1.57. The molecular formula is C24H21BrClN3O4S2. The van der Waals surface area contributed by atoms with Gasteiger partial charge in [-0.05, 0) is 59.9 Å². The molecule has 3 N–H and O–H groups in total. The number of nitrogens with two attached hydrogens (primary N) is 1. The number of alkyl halides is 1. The second-order valence-corrected chi connectivity index (χ2v) is 13.0. The standard InChI is InChI=1S/C24H21BrClN3O4S2/c25-14-7-5-13(6-8-14)24-17-12-21(34-20-4-2-1-3-19(20)29(30)31)23(26)22(17)16-11-15(35(27,32)33)9-10-18(16)28-24/h1-11,17,21-24,28H,12H2,(H2,27,32,33)/t17-,21+,22-,23+,24-/m0/s1. The van der Waals surface area contributed by atoms with E-state index in [0.29, 0.717) is 11.3 Å². The molecule has 11 heteroatoms. The van der Waals surface area contributed by atoms with Gasteiger partial charge in [-0.1, -0.05) is 40.2 Å². The van der Waals surface area contributed by atoms with Gasteiger partial charge in [0.05, 0.1) is 26.1 Å². The zero-order valence-electron chi connectivity index (χ0n) is 18.2. The summed E-state index contributed by atoms with van der Waals surface area (Å²) < 4.78 is 25.1. The monoisotopic (exact) mass is 593 g/mol. The minimum atomic E-state index is -3.89. The smallest absolute Gasteiger partial charge is 0.282 e. The van der Waals surface area contributed by atoms with Crippen molar-refractivity contribution < 1.29 is 13.3 Å². The minimum absolute atomic E-state index is 0.0394. The number of hydrogen-bond acceptors (Lipinski definition) is 6. The van der Waals surface area contributed by atoms with Crippen LogP contribution in [0.5, 0.6) is 0 Å². The van der Waals surface area contributed by atoms with Crippen molar-refractivity contribution in [3.05, 3.63) is 92.4 Å². The number of fused-ring (bicyclic) bond motifs is 3. The van der Waals surface area contributed by atoms with Crippen LogP contribution in [-0.4, -0.2) is 24.0 Å². The van der Waals surface area contributed by atoms with E-state index in [1.807, 2.05) is 24.3 Å². The quantitative estimate of drug-likeness (QED) is 0.211. The molecule has 3 aromatic rings. The third kappa shape index (κ3) is 4.70. The summed E-state index contributed by atoms with van der Waals surface area (Å²) >= 11 is 12.0. The average molecular weight is 595 g/mol. The van der Waals surface area contributed by atoms with E-state index in [2.05, 4.69) is 21.2 Å². The topological polar surface area (TPSA) is 115 Å². The fourth-order valence-electron chi connectivity index (χ4n) is 5.14. The number of nitrogens with zero attached hydrogens (tertiary/aromatic N) is 1. The second-order valence-electron chi connectivity index (χ2n) is 8.72. The number of hydrogen-bond donors (Lipinski definition) is 2. The summed E-state index contributed by atoms with van der Waals surface area (Å²) in [6.07, 6.45) is 0.697. The molecule has 0 unspecified atom stereocenters. The first-order chi connectivity index (χ1) is 16.6. The molecule has 3 aromatic carbocycles. The molecule has 0 radical (unpaired) electrons. The summed E-state index contributed by atoms with van der Waals surface area (Å²) in [7, 11) is -3.89. The van der Waals surface area contributed by atoms with Crippen molar-refractivity contribution in [3.63, 3.8) is 0 Å². The van der Waals surface area contributed by atoms with Gasteiger partial charge in [0.15, 0.2) is 0 Å². The number of sulfonamides is 1. The molecule has 5 atom stereocenters. The third-order valence-corrected chi connectivity index (χ3v) is 10.2. The highest BCUT2D eigenvalue weighted by atomic mass is 79.9. The number of anilines is 1. The van der Waals surface area contributed by atoms with Gasteiger partial charge < -0.3 is 5.32 Å². The van der Waals surface area contributed by atoms with Crippen molar-refractivity contribution in [2.75, 3.05) is 5.32 Å². The Morgan fingerprint density at radius 1 is 1.11 bits per heavy atom. The highest BCUT2D eigenvalue weighted by Gasteiger charge is 2.50. The molecule has 0 amide bonds. The van der Waals surface area contributed by atoms with Crippen molar-refractivity contribution in [2.24, 2.45) is 11.1 Å². The van der Waals surface area contributed by atoms with Crippen molar-refractivity contribution in [3.8, 4) is 0 Å². The van der Waals surface area contributed by atoms with Crippen LogP contribution in [0.2, 0.25) is 0 Å².